The number of aryl methyl sites for hydroxylation is 1. The Labute approximate surface area is 151 Å². The van der Waals surface area contributed by atoms with E-state index in [1.165, 1.54) is 0 Å². The second-order valence-corrected chi connectivity index (χ2v) is 7.08. The van der Waals surface area contributed by atoms with Gasteiger partial charge in [-0.05, 0) is 31.9 Å². The van der Waals surface area contributed by atoms with Crippen molar-refractivity contribution in [3.63, 3.8) is 0 Å². The monoisotopic (exact) mass is 356 g/mol. The van der Waals surface area contributed by atoms with E-state index in [-0.39, 0.29) is 30.0 Å². The summed E-state index contributed by atoms with van der Waals surface area (Å²) in [6, 6.07) is 7.56. The molecule has 2 fully saturated rings. The van der Waals surface area contributed by atoms with E-state index in [1.54, 1.807) is 14.0 Å². The second-order valence-electron chi connectivity index (χ2n) is 7.08. The molecule has 2 aliphatic rings. The van der Waals surface area contributed by atoms with Crippen molar-refractivity contribution in [1.29, 1.82) is 0 Å². The minimum Gasteiger partial charge on any atom is -0.339 e. The van der Waals surface area contributed by atoms with Gasteiger partial charge in [-0.15, -0.1) is 0 Å². The standard InChI is InChI=1S/C19H24N4O3/c1-2-22-15-5-3-4-6-16(15)23(19(22)26)13-17(24)20-9-11-21(12-10-20)18(25)14-7-8-14/h3-6,14H,2,7-13H2,1H3. The minimum absolute atomic E-state index is 0.0446. The molecule has 1 aliphatic heterocycles. The zero-order chi connectivity index (χ0) is 18.3. The van der Waals surface area contributed by atoms with E-state index in [2.05, 4.69) is 0 Å². The average molecular weight is 356 g/mol. The van der Waals surface area contributed by atoms with Gasteiger partial charge < -0.3 is 9.80 Å². The van der Waals surface area contributed by atoms with E-state index in [0.717, 1.165) is 23.9 Å². The van der Waals surface area contributed by atoms with E-state index in [0.29, 0.717) is 32.7 Å². The summed E-state index contributed by atoms with van der Waals surface area (Å²) in [7, 11) is 0. The maximum Gasteiger partial charge on any atom is 0.329 e. The lowest BCUT2D eigenvalue weighted by Crippen LogP contribution is -2.52. The molecule has 4 rings (SSSR count). The Kier molecular flexibility index (Phi) is 4.30. The van der Waals surface area contributed by atoms with Gasteiger partial charge in [-0.2, -0.15) is 0 Å². The van der Waals surface area contributed by atoms with Gasteiger partial charge in [0.15, 0.2) is 0 Å². The Morgan fingerprint density at radius 1 is 0.962 bits per heavy atom. The lowest BCUT2D eigenvalue weighted by atomic mass is 10.2. The molecule has 138 valence electrons. The molecular formula is C19H24N4O3. The van der Waals surface area contributed by atoms with Gasteiger partial charge in [-0.3, -0.25) is 18.7 Å². The Hall–Kier alpha value is -2.57. The molecule has 0 N–H and O–H groups in total. The van der Waals surface area contributed by atoms with Gasteiger partial charge in [-0.1, -0.05) is 12.1 Å². The fourth-order valence-electron chi connectivity index (χ4n) is 3.73. The highest BCUT2D eigenvalue weighted by molar-refractivity contribution is 5.83. The lowest BCUT2D eigenvalue weighted by Gasteiger charge is -2.35. The molecule has 0 unspecified atom stereocenters. The third-order valence-electron chi connectivity index (χ3n) is 5.41. The number of nitrogens with zero attached hydrogens (tertiary/aromatic N) is 4. The number of hydrogen-bond acceptors (Lipinski definition) is 3. The van der Waals surface area contributed by atoms with Gasteiger partial charge in [0.2, 0.25) is 11.8 Å². The molecule has 1 saturated heterocycles. The summed E-state index contributed by atoms with van der Waals surface area (Å²) >= 11 is 0. The van der Waals surface area contributed by atoms with Crippen LogP contribution in [0.15, 0.2) is 29.1 Å². The number of aromatic nitrogens is 2. The van der Waals surface area contributed by atoms with Crippen molar-refractivity contribution in [2.75, 3.05) is 26.2 Å². The average Bonchev–Trinajstić information content (AvgIpc) is 3.48. The number of amides is 2. The molecule has 0 bridgehead atoms. The summed E-state index contributed by atoms with van der Waals surface area (Å²) in [4.78, 5) is 41.2. The van der Waals surface area contributed by atoms with E-state index < -0.39 is 0 Å². The fourth-order valence-corrected chi connectivity index (χ4v) is 3.73. The molecule has 0 radical (unpaired) electrons. The second kappa shape index (κ2) is 6.63. The smallest absolute Gasteiger partial charge is 0.329 e. The third kappa shape index (κ3) is 2.91. The summed E-state index contributed by atoms with van der Waals surface area (Å²) in [6.07, 6.45) is 2.00. The van der Waals surface area contributed by atoms with E-state index in [4.69, 9.17) is 0 Å². The number of hydrogen-bond donors (Lipinski definition) is 0. The Bertz CT molecular complexity index is 901. The number of carbonyl (C=O) groups excluding carboxylic acids is 2. The van der Waals surface area contributed by atoms with Crippen molar-refractivity contribution >= 4 is 22.8 Å². The number of fused-ring (bicyclic) bond motifs is 1. The van der Waals surface area contributed by atoms with Crippen LogP contribution in [0.4, 0.5) is 0 Å². The van der Waals surface area contributed by atoms with Crippen LogP contribution < -0.4 is 5.69 Å². The predicted molar refractivity (Wildman–Crippen MR) is 97.8 cm³/mol. The van der Waals surface area contributed by atoms with Gasteiger partial charge >= 0.3 is 5.69 Å². The molecule has 1 aromatic carbocycles. The molecule has 1 aromatic heterocycles. The number of para-hydroxylation sites is 2. The summed E-state index contributed by atoms with van der Waals surface area (Å²) in [5, 5.41) is 0. The van der Waals surface area contributed by atoms with E-state index in [1.807, 2.05) is 36.1 Å². The first-order valence-corrected chi connectivity index (χ1v) is 9.34. The first-order chi connectivity index (χ1) is 12.6. The van der Waals surface area contributed by atoms with Crippen LogP contribution in [0, 0.1) is 5.92 Å². The maximum absolute atomic E-state index is 12.7. The molecule has 0 atom stereocenters. The highest BCUT2D eigenvalue weighted by Crippen LogP contribution is 2.31. The lowest BCUT2D eigenvalue weighted by molar-refractivity contribution is -0.140. The number of benzene rings is 1. The van der Waals surface area contributed by atoms with Crippen molar-refractivity contribution in [3.05, 3.63) is 34.7 Å². The summed E-state index contributed by atoms with van der Waals surface area (Å²) in [5.41, 5.74) is 1.49. The Balaban J connectivity index is 1.47. The highest BCUT2D eigenvalue weighted by Gasteiger charge is 2.35. The summed E-state index contributed by atoms with van der Waals surface area (Å²) in [6.45, 7) is 4.80. The van der Waals surface area contributed by atoms with Crippen LogP contribution in [0.3, 0.4) is 0 Å². The Morgan fingerprint density at radius 2 is 1.54 bits per heavy atom. The van der Waals surface area contributed by atoms with E-state index in [9.17, 15) is 14.4 Å². The van der Waals surface area contributed by atoms with Crippen LogP contribution in [0.1, 0.15) is 19.8 Å². The van der Waals surface area contributed by atoms with Crippen molar-refractivity contribution in [2.45, 2.75) is 32.9 Å². The minimum atomic E-state index is -0.149. The van der Waals surface area contributed by atoms with Crippen molar-refractivity contribution in [3.8, 4) is 0 Å². The molecular weight excluding hydrogens is 332 g/mol. The van der Waals surface area contributed by atoms with Gasteiger partial charge in [-0.25, -0.2) is 4.79 Å². The molecule has 2 aromatic rings. The quantitative estimate of drug-likeness (QED) is 0.818. The molecule has 1 aliphatic carbocycles. The number of carbonyl (C=O) groups is 2. The largest absolute Gasteiger partial charge is 0.339 e. The predicted octanol–water partition coefficient (Wildman–Crippen LogP) is 0.904. The zero-order valence-corrected chi connectivity index (χ0v) is 15.1. The van der Waals surface area contributed by atoms with Crippen LogP contribution in [0.2, 0.25) is 0 Å². The number of piperazine rings is 1. The normalized spacial score (nSPS) is 17.7. The molecule has 1 saturated carbocycles. The fraction of sp³-hybridized carbons (Fsp3) is 0.526. The molecule has 2 heterocycles. The zero-order valence-electron chi connectivity index (χ0n) is 15.1. The summed E-state index contributed by atoms with van der Waals surface area (Å²) < 4.78 is 3.25. The van der Waals surface area contributed by atoms with E-state index >= 15 is 0 Å². The Morgan fingerprint density at radius 3 is 2.12 bits per heavy atom. The molecule has 26 heavy (non-hydrogen) atoms. The van der Waals surface area contributed by atoms with Crippen LogP contribution in [0.25, 0.3) is 11.0 Å². The van der Waals surface area contributed by atoms with Gasteiger partial charge in [0.1, 0.15) is 6.54 Å². The van der Waals surface area contributed by atoms with Crippen LogP contribution in [-0.2, 0) is 22.7 Å². The maximum atomic E-state index is 12.7. The third-order valence-corrected chi connectivity index (χ3v) is 5.41. The SMILES string of the molecule is CCn1c(=O)n(CC(=O)N2CCN(C(=O)C3CC3)CC2)c2ccccc21. The van der Waals surface area contributed by atoms with Crippen LogP contribution in [-0.4, -0.2) is 56.9 Å². The van der Waals surface area contributed by atoms with Gasteiger partial charge in [0.25, 0.3) is 0 Å². The first-order valence-electron chi connectivity index (χ1n) is 9.34. The molecule has 0 spiro atoms. The van der Waals surface area contributed by atoms with Crippen molar-refractivity contribution < 1.29 is 9.59 Å². The van der Waals surface area contributed by atoms with Gasteiger partial charge in [0.05, 0.1) is 11.0 Å². The first kappa shape index (κ1) is 16.9. The van der Waals surface area contributed by atoms with Crippen LogP contribution in [0.5, 0.6) is 0 Å². The summed E-state index contributed by atoms with van der Waals surface area (Å²) in [5.74, 6) is 0.389. The number of rotatable bonds is 4. The molecule has 2 amide bonds. The van der Waals surface area contributed by atoms with Crippen molar-refractivity contribution in [2.24, 2.45) is 5.92 Å². The molecule has 7 nitrogen and oxygen atoms in total. The highest BCUT2D eigenvalue weighted by atomic mass is 16.2. The van der Waals surface area contributed by atoms with Crippen molar-refractivity contribution in [1.82, 2.24) is 18.9 Å². The van der Waals surface area contributed by atoms with Crippen LogP contribution >= 0.6 is 0 Å². The topological polar surface area (TPSA) is 67.6 Å². The number of imidazole rings is 1. The van der Waals surface area contributed by atoms with Gasteiger partial charge in [0, 0.05) is 38.6 Å². The molecule has 7 heteroatoms.